The van der Waals surface area contributed by atoms with Crippen molar-refractivity contribution < 1.29 is 9.84 Å². The average molecular weight is 332 g/mol. The summed E-state index contributed by atoms with van der Waals surface area (Å²) in [7, 11) is 1.66. The molecule has 0 bridgehead atoms. The third-order valence-electron chi connectivity index (χ3n) is 2.61. The van der Waals surface area contributed by atoms with Crippen LogP contribution in [-0.2, 0) is 10.2 Å². The van der Waals surface area contributed by atoms with Crippen molar-refractivity contribution in [2.75, 3.05) is 38.3 Å². The number of rotatable bonds is 6. The van der Waals surface area contributed by atoms with Crippen LogP contribution >= 0.6 is 15.9 Å². The molecule has 0 aliphatic heterocycles. The van der Waals surface area contributed by atoms with Crippen LogP contribution in [0.5, 0.6) is 0 Å². The van der Waals surface area contributed by atoms with Crippen LogP contribution in [-0.4, -0.2) is 48.5 Å². The van der Waals surface area contributed by atoms with Crippen LogP contribution in [0.3, 0.4) is 0 Å². The molecule has 1 rings (SSSR count). The number of methoxy groups -OCH3 is 1. The Morgan fingerprint density at radius 2 is 2.00 bits per heavy atom. The lowest BCUT2D eigenvalue weighted by molar-refractivity contribution is 0.202. The Hall–Kier alpha value is -0.720. The maximum atomic E-state index is 9.16. The zero-order valence-corrected chi connectivity index (χ0v) is 13.6. The fourth-order valence-electron chi connectivity index (χ4n) is 1.57. The highest BCUT2D eigenvalue weighted by Crippen LogP contribution is 2.24. The lowest BCUT2D eigenvalue weighted by Crippen LogP contribution is -2.32. The summed E-state index contributed by atoms with van der Waals surface area (Å²) in [5, 5.41) is 9.16. The number of anilines is 1. The zero-order chi connectivity index (χ0) is 14.5. The Bertz CT molecular complexity index is 407. The van der Waals surface area contributed by atoms with Crippen LogP contribution in [0, 0.1) is 0 Å². The third kappa shape index (κ3) is 5.04. The Kier molecular flexibility index (Phi) is 6.16. The van der Waals surface area contributed by atoms with Gasteiger partial charge in [-0.3, -0.25) is 0 Å². The SMILES string of the molecule is COCCN(CCO)c1cc(Br)nc(C(C)(C)C)n1. The van der Waals surface area contributed by atoms with E-state index in [9.17, 15) is 0 Å². The van der Waals surface area contributed by atoms with Crippen molar-refractivity contribution in [1.82, 2.24) is 9.97 Å². The minimum atomic E-state index is -0.120. The third-order valence-corrected chi connectivity index (χ3v) is 3.02. The van der Waals surface area contributed by atoms with Gasteiger partial charge in [-0.15, -0.1) is 0 Å². The zero-order valence-electron chi connectivity index (χ0n) is 12.0. The van der Waals surface area contributed by atoms with Gasteiger partial charge in [-0.2, -0.15) is 0 Å². The highest BCUT2D eigenvalue weighted by molar-refractivity contribution is 9.10. The highest BCUT2D eigenvalue weighted by atomic mass is 79.9. The summed E-state index contributed by atoms with van der Waals surface area (Å²) in [6.45, 7) is 8.10. The molecular formula is C13H22BrN3O2. The molecule has 0 fully saturated rings. The second-order valence-electron chi connectivity index (χ2n) is 5.33. The van der Waals surface area contributed by atoms with Crippen LogP contribution in [0.25, 0.3) is 0 Å². The molecule has 0 spiro atoms. The van der Waals surface area contributed by atoms with Gasteiger partial charge in [-0.25, -0.2) is 9.97 Å². The molecule has 108 valence electrons. The predicted octanol–water partition coefficient (Wildman–Crippen LogP) is 1.98. The van der Waals surface area contributed by atoms with Gasteiger partial charge in [-0.1, -0.05) is 20.8 Å². The summed E-state index contributed by atoms with van der Waals surface area (Å²) in [4.78, 5) is 11.0. The number of aliphatic hydroxyl groups is 1. The van der Waals surface area contributed by atoms with E-state index in [0.29, 0.717) is 19.7 Å². The van der Waals surface area contributed by atoms with Gasteiger partial charge in [0, 0.05) is 31.7 Å². The van der Waals surface area contributed by atoms with E-state index in [-0.39, 0.29) is 12.0 Å². The molecule has 0 aliphatic carbocycles. The van der Waals surface area contributed by atoms with Gasteiger partial charge >= 0.3 is 0 Å². The van der Waals surface area contributed by atoms with Crippen molar-refractivity contribution >= 4 is 21.7 Å². The predicted molar refractivity (Wildman–Crippen MR) is 79.6 cm³/mol. The number of aromatic nitrogens is 2. The summed E-state index contributed by atoms with van der Waals surface area (Å²) in [5.74, 6) is 1.58. The summed E-state index contributed by atoms with van der Waals surface area (Å²) >= 11 is 3.42. The first-order valence-electron chi connectivity index (χ1n) is 6.28. The van der Waals surface area contributed by atoms with E-state index in [1.165, 1.54) is 0 Å². The molecule has 0 aromatic carbocycles. The standard InChI is InChI=1S/C13H22BrN3O2/c1-13(2,3)12-15-10(14)9-11(16-12)17(5-7-18)6-8-19-4/h9,18H,5-8H2,1-4H3. The van der Waals surface area contributed by atoms with E-state index in [1.807, 2.05) is 11.0 Å². The number of hydrogen-bond acceptors (Lipinski definition) is 5. The smallest absolute Gasteiger partial charge is 0.137 e. The van der Waals surface area contributed by atoms with Crippen LogP contribution in [0.1, 0.15) is 26.6 Å². The molecule has 6 heteroatoms. The molecule has 5 nitrogen and oxygen atoms in total. The summed E-state index contributed by atoms with van der Waals surface area (Å²) in [6.07, 6.45) is 0. The maximum absolute atomic E-state index is 9.16. The second kappa shape index (κ2) is 7.17. The minimum Gasteiger partial charge on any atom is -0.395 e. The average Bonchev–Trinajstić information content (AvgIpc) is 2.32. The molecule has 0 aliphatic rings. The molecule has 0 radical (unpaired) electrons. The van der Waals surface area contributed by atoms with Crippen LogP contribution in [0.2, 0.25) is 0 Å². The van der Waals surface area contributed by atoms with E-state index in [2.05, 4.69) is 46.7 Å². The Labute approximate surface area is 123 Å². The molecule has 0 atom stereocenters. The Morgan fingerprint density at radius 1 is 1.32 bits per heavy atom. The molecule has 1 aromatic heterocycles. The van der Waals surface area contributed by atoms with E-state index >= 15 is 0 Å². The minimum absolute atomic E-state index is 0.0796. The fraction of sp³-hybridized carbons (Fsp3) is 0.692. The number of ether oxygens (including phenoxy) is 1. The van der Waals surface area contributed by atoms with Gasteiger partial charge in [0.2, 0.25) is 0 Å². The van der Waals surface area contributed by atoms with Gasteiger partial charge in [0.1, 0.15) is 16.2 Å². The van der Waals surface area contributed by atoms with E-state index < -0.39 is 0 Å². The van der Waals surface area contributed by atoms with Crippen molar-refractivity contribution in [2.24, 2.45) is 0 Å². The lowest BCUT2D eigenvalue weighted by atomic mass is 9.96. The largest absolute Gasteiger partial charge is 0.395 e. The van der Waals surface area contributed by atoms with Gasteiger partial charge in [0.15, 0.2) is 0 Å². The number of hydrogen-bond donors (Lipinski definition) is 1. The molecule has 0 saturated heterocycles. The van der Waals surface area contributed by atoms with Gasteiger partial charge < -0.3 is 14.7 Å². The molecule has 0 saturated carbocycles. The van der Waals surface area contributed by atoms with Gasteiger partial charge in [0.05, 0.1) is 13.2 Å². The summed E-state index contributed by atoms with van der Waals surface area (Å²) in [5.41, 5.74) is -0.120. The molecule has 1 aromatic rings. The number of nitrogens with zero attached hydrogens (tertiary/aromatic N) is 3. The van der Waals surface area contributed by atoms with Crippen molar-refractivity contribution in [3.63, 3.8) is 0 Å². The molecule has 0 unspecified atom stereocenters. The van der Waals surface area contributed by atoms with Crippen molar-refractivity contribution in [3.8, 4) is 0 Å². The first-order valence-corrected chi connectivity index (χ1v) is 7.07. The fourth-order valence-corrected chi connectivity index (χ4v) is 1.94. The van der Waals surface area contributed by atoms with E-state index in [4.69, 9.17) is 9.84 Å². The van der Waals surface area contributed by atoms with Crippen LogP contribution in [0.4, 0.5) is 5.82 Å². The summed E-state index contributed by atoms with van der Waals surface area (Å²) < 4.78 is 5.84. The highest BCUT2D eigenvalue weighted by Gasteiger charge is 2.20. The van der Waals surface area contributed by atoms with Crippen LogP contribution < -0.4 is 4.90 Å². The second-order valence-corrected chi connectivity index (χ2v) is 6.14. The summed E-state index contributed by atoms with van der Waals surface area (Å²) in [6, 6.07) is 1.86. The lowest BCUT2D eigenvalue weighted by Gasteiger charge is -2.25. The van der Waals surface area contributed by atoms with Crippen LogP contribution in [0.15, 0.2) is 10.7 Å². The first kappa shape index (κ1) is 16.3. The van der Waals surface area contributed by atoms with Crippen molar-refractivity contribution in [3.05, 3.63) is 16.5 Å². The van der Waals surface area contributed by atoms with Gasteiger partial charge in [-0.05, 0) is 15.9 Å². The quantitative estimate of drug-likeness (QED) is 0.808. The van der Waals surface area contributed by atoms with Crippen molar-refractivity contribution in [1.29, 1.82) is 0 Å². The number of aliphatic hydroxyl groups excluding tert-OH is 1. The number of halogens is 1. The molecule has 1 heterocycles. The monoisotopic (exact) mass is 331 g/mol. The van der Waals surface area contributed by atoms with E-state index in [0.717, 1.165) is 16.2 Å². The molecule has 1 N–H and O–H groups in total. The normalized spacial score (nSPS) is 11.7. The maximum Gasteiger partial charge on any atom is 0.137 e. The Morgan fingerprint density at radius 3 is 2.53 bits per heavy atom. The first-order chi connectivity index (χ1) is 8.88. The van der Waals surface area contributed by atoms with E-state index in [1.54, 1.807) is 7.11 Å². The molecule has 19 heavy (non-hydrogen) atoms. The topological polar surface area (TPSA) is 58.5 Å². The molecule has 0 amide bonds. The van der Waals surface area contributed by atoms with Crippen molar-refractivity contribution in [2.45, 2.75) is 26.2 Å². The Balaban J connectivity index is 3.05. The van der Waals surface area contributed by atoms with Gasteiger partial charge in [0.25, 0.3) is 0 Å². The molecular weight excluding hydrogens is 310 g/mol.